The fraction of sp³-hybridized carbons (Fsp3) is 0.667. The number of aromatic nitrogens is 2. The third-order valence-corrected chi connectivity index (χ3v) is 3.10. The number of halogens is 2. The molecule has 0 bridgehead atoms. The lowest BCUT2D eigenvalue weighted by Crippen LogP contribution is -2.04. The first-order valence-corrected chi connectivity index (χ1v) is 6.47. The first-order chi connectivity index (χ1) is 6.29. The molecule has 0 aliphatic rings. The summed E-state index contributed by atoms with van der Waals surface area (Å²) >= 11 is 6.96. The smallest absolute Gasteiger partial charge is 0.0635 e. The molecule has 0 radical (unpaired) electrons. The standard InChI is InChI=1S/C9H14Br2N2/c1-2-6-13-9(4-3-5-10)8(11)7-12-13/h7H,2-6H2,1H3. The van der Waals surface area contributed by atoms with Crippen LogP contribution in [0, 0.1) is 0 Å². The molecule has 1 rings (SSSR count). The molecule has 0 aliphatic carbocycles. The zero-order chi connectivity index (χ0) is 9.68. The van der Waals surface area contributed by atoms with Crippen LogP contribution in [0.1, 0.15) is 25.5 Å². The van der Waals surface area contributed by atoms with Crippen molar-refractivity contribution in [3.63, 3.8) is 0 Å². The molecule has 0 atom stereocenters. The van der Waals surface area contributed by atoms with Crippen molar-refractivity contribution in [2.75, 3.05) is 5.33 Å². The summed E-state index contributed by atoms with van der Waals surface area (Å²) in [5.74, 6) is 0. The zero-order valence-corrected chi connectivity index (χ0v) is 10.9. The van der Waals surface area contributed by atoms with E-state index in [1.165, 1.54) is 5.69 Å². The van der Waals surface area contributed by atoms with Gasteiger partial charge in [0.25, 0.3) is 0 Å². The number of alkyl halides is 1. The van der Waals surface area contributed by atoms with Crippen molar-refractivity contribution in [2.24, 2.45) is 0 Å². The van der Waals surface area contributed by atoms with E-state index >= 15 is 0 Å². The second kappa shape index (κ2) is 5.81. The maximum Gasteiger partial charge on any atom is 0.0635 e. The lowest BCUT2D eigenvalue weighted by Gasteiger charge is -2.05. The third kappa shape index (κ3) is 3.09. The van der Waals surface area contributed by atoms with Crippen LogP contribution in [0.5, 0.6) is 0 Å². The average molecular weight is 310 g/mol. The summed E-state index contributed by atoms with van der Waals surface area (Å²) in [6, 6.07) is 0. The highest BCUT2D eigenvalue weighted by molar-refractivity contribution is 9.10. The fourth-order valence-corrected chi connectivity index (χ4v) is 2.05. The number of hydrogen-bond donors (Lipinski definition) is 0. The molecule has 0 aromatic carbocycles. The van der Waals surface area contributed by atoms with Gasteiger partial charge in [-0.05, 0) is 35.2 Å². The van der Waals surface area contributed by atoms with E-state index in [1.807, 2.05) is 6.20 Å². The summed E-state index contributed by atoms with van der Waals surface area (Å²) in [5.41, 5.74) is 1.32. The normalized spacial score (nSPS) is 10.7. The molecule has 1 aromatic heterocycles. The molecule has 0 saturated carbocycles. The van der Waals surface area contributed by atoms with Crippen molar-refractivity contribution in [1.29, 1.82) is 0 Å². The van der Waals surface area contributed by atoms with Gasteiger partial charge in [0.2, 0.25) is 0 Å². The molecule has 0 N–H and O–H groups in total. The SMILES string of the molecule is CCCn1ncc(Br)c1CCCBr. The lowest BCUT2D eigenvalue weighted by molar-refractivity contribution is 0.570. The Kier molecular flexibility index (Phi) is 5.02. The minimum absolute atomic E-state index is 1.02. The zero-order valence-electron chi connectivity index (χ0n) is 7.76. The van der Waals surface area contributed by atoms with E-state index in [1.54, 1.807) is 0 Å². The lowest BCUT2D eigenvalue weighted by atomic mass is 10.2. The van der Waals surface area contributed by atoms with E-state index in [9.17, 15) is 0 Å². The topological polar surface area (TPSA) is 17.8 Å². The van der Waals surface area contributed by atoms with E-state index in [2.05, 4.69) is 48.6 Å². The van der Waals surface area contributed by atoms with Gasteiger partial charge in [0.05, 0.1) is 16.4 Å². The Labute approximate surface area is 96.0 Å². The van der Waals surface area contributed by atoms with Crippen LogP contribution in [0.2, 0.25) is 0 Å². The third-order valence-electron chi connectivity index (χ3n) is 1.88. The number of nitrogens with zero attached hydrogens (tertiary/aromatic N) is 2. The molecule has 4 heteroatoms. The van der Waals surface area contributed by atoms with E-state index < -0.39 is 0 Å². The summed E-state index contributed by atoms with van der Waals surface area (Å²) in [4.78, 5) is 0. The van der Waals surface area contributed by atoms with Gasteiger partial charge in [0, 0.05) is 11.9 Å². The Morgan fingerprint density at radius 3 is 2.92 bits per heavy atom. The monoisotopic (exact) mass is 308 g/mol. The summed E-state index contributed by atoms with van der Waals surface area (Å²) in [5, 5.41) is 5.37. The molecular weight excluding hydrogens is 296 g/mol. The van der Waals surface area contributed by atoms with Crippen molar-refractivity contribution in [2.45, 2.75) is 32.7 Å². The highest BCUT2D eigenvalue weighted by Gasteiger charge is 2.06. The Balaban J connectivity index is 2.69. The van der Waals surface area contributed by atoms with E-state index in [0.717, 1.165) is 35.6 Å². The van der Waals surface area contributed by atoms with Crippen molar-refractivity contribution >= 4 is 31.9 Å². The van der Waals surface area contributed by atoms with Crippen LogP contribution >= 0.6 is 31.9 Å². The van der Waals surface area contributed by atoms with Crippen LogP contribution in [0.3, 0.4) is 0 Å². The maximum atomic E-state index is 4.31. The first-order valence-electron chi connectivity index (χ1n) is 4.55. The van der Waals surface area contributed by atoms with Crippen molar-refractivity contribution in [3.05, 3.63) is 16.4 Å². The molecule has 74 valence electrons. The Bertz CT molecular complexity index is 258. The predicted molar refractivity (Wildman–Crippen MR) is 62.3 cm³/mol. The van der Waals surface area contributed by atoms with Gasteiger partial charge in [-0.1, -0.05) is 22.9 Å². The predicted octanol–water partition coefficient (Wildman–Crippen LogP) is 3.38. The molecule has 0 unspecified atom stereocenters. The van der Waals surface area contributed by atoms with Crippen LogP contribution in [0.15, 0.2) is 10.7 Å². The van der Waals surface area contributed by atoms with Crippen LogP contribution in [0.25, 0.3) is 0 Å². The second-order valence-corrected chi connectivity index (χ2v) is 4.60. The number of hydrogen-bond acceptors (Lipinski definition) is 1. The molecule has 0 spiro atoms. The molecule has 1 aromatic rings. The van der Waals surface area contributed by atoms with Crippen molar-refractivity contribution in [1.82, 2.24) is 9.78 Å². The summed E-state index contributed by atoms with van der Waals surface area (Å²) in [6.07, 6.45) is 5.27. The van der Waals surface area contributed by atoms with E-state index in [4.69, 9.17) is 0 Å². The van der Waals surface area contributed by atoms with Crippen molar-refractivity contribution < 1.29 is 0 Å². The summed E-state index contributed by atoms with van der Waals surface area (Å²) < 4.78 is 3.23. The van der Waals surface area contributed by atoms with Crippen LogP contribution in [-0.4, -0.2) is 15.1 Å². The van der Waals surface area contributed by atoms with Gasteiger partial charge >= 0.3 is 0 Å². The number of rotatable bonds is 5. The molecule has 0 saturated heterocycles. The molecule has 0 fully saturated rings. The van der Waals surface area contributed by atoms with Gasteiger partial charge in [0.1, 0.15) is 0 Å². The molecule has 13 heavy (non-hydrogen) atoms. The van der Waals surface area contributed by atoms with Gasteiger partial charge in [0.15, 0.2) is 0 Å². The summed E-state index contributed by atoms with van der Waals surface area (Å²) in [7, 11) is 0. The van der Waals surface area contributed by atoms with Crippen LogP contribution < -0.4 is 0 Å². The average Bonchev–Trinajstić information content (AvgIpc) is 2.45. The summed E-state index contributed by atoms with van der Waals surface area (Å²) in [6.45, 7) is 3.19. The largest absolute Gasteiger partial charge is 0.268 e. The van der Waals surface area contributed by atoms with Crippen LogP contribution in [-0.2, 0) is 13.0 Å². The van der Waals surface area contributed by atoms with Crippen LogP contribution in [0.4, 0.5) is 0 Å². The molecule has 2 nitrogen and oxygen atoms in total. The molecule has 0 aliphatic heterocycles. The fourth-order valence-electron chi connectivity index (χ4n) is 1.28. The van der Waals surface area contributed by atoms with Gasteiger partial charge in [-0.15, -0.1) is 0 Å². The highest BCUT2D eigenvalue weighted by Crippen LogP contribution is 2.18. The van der Waals surface area contributed by atoms with E-state index in [0.29, 0.717) is 0 Å². The Morgan fingerprint density at radius 2 is 2.31 bits per heavy atom. The first kappa shape index (κ1) is 11.2. The Hall–Kier alpha value is 0.170. The van der Waals surface area contributed by atoms with Gasteiger partial charge < -0.3 is 0 Å². The minimum Gasteiger partial charge on any atom is -0.268 e. The quantitative estimate of drug-likeness (QED) is 0.762. The Morgan fingerprint density at radius 1 is 1.54 bits per heavy atom. The van der Waals surface area contributed by atoms with Crippen molar-refractivity contribution in [3.8, 4) is 0 Å². The maximum absolute atomic E-state index is 4.31. The highest BCUT2D eigenvalue weighted by atomic mass is 79.9. The number of aryl methyl sites for hydroxylation is 1. The minimum atomic E-state index is 1.02. The van der Waals surface area contributed by atoms with Gasteiger partial charge in [-0.25, -0.2) is 0 Å². The van der Waals surface area contributed by atoms with Gasteiger partial charge in [-0.3, -0.25) is 4.68 Å². The van der Waals surface area contributed by atoms with Gasteiger partial charge in [-0.2, -0.15) is 5.10 Å². The molecule has 0 amide bonds. The second-order valence-electron chi connectivity index (χ2n) is 2.95. The van der Waals surface area contributed by atoms with E-state index in [-0.39, 0.29) is 0 Å². The molecule has 1 heterocycles. The molecular formula is C9H14Br2N2.